The van der Waals surface area contributed by atoms with Gasteiger partial charge in [0.25, 0.3) is 0 Å². The minimum Gasteiger partial charge on any atom is -0.494 e. The summed E-state index contributed by atoms with van der Waals surface area (Å²) in [6.45, 7) is 4.61. The molecule has 0 aliphatic rings. The molecule has 0 amide bonds. The van der Waals surface area contributed by atoms with Crippen LogP contribution < -0.4 is 4.74 Å². The van der Waals surface area contributed by atoms with Crippen molar-refractivity contribution >= 4 is 11.3 Å². The third-order valence-electron chi connectivity index (χ3n) is 1.92. The van der Waals surface area contributed by atoms with Crippen molar-refractivity contribution in [3.8, 4) is 16.3 Å². The SMILES string of the molecule is CCOc1cccc(-c2nnc(C)s2)c1. The normalized spacial score (nSPS) is 10.3. The quantitative estimate of drug-likeness (QED) is 0.797. The van der Waals surface area contributed by atoms with Gasteiger partial charge in [-0.15, -0.1) is 10.2 Å². The summed E-state index contributed by atoms with van der Waals surface area (Å²) >= 11 is 1.59. The zero-order chi connectivity index (χ0) is 10.7. The predicted molar refractivity (Wildman–Crippen MR) is 61.3 cm³/mol. The Hall–Kier alpha value is -1.42. The molecule has 0 N–H and O–H groups in total. The number of rotatable bonds is 3. The van der Waals surface area contributed by atoms with Gasteiger partial charge in [-0.1, -0.05) is 23.5 Å². The second kappa shape index (κ2) is 4.40. The fourth-order valence-corrected chi connectivity index (χ4v) is 1.99. The van der Waals surface area contributed by atoms with Crippen LogP contribution in [0.3, 0.4) is 0 Å². The molecule has 3 nitrogen and oxygen atoms in total. The van der Waals surface area contributed by atoms with Gasteiger partial charge in [0.1, 0.15) is 15.8 Å². The molecule has 2 aromatic rings. The fourth-order valence-electron chi connectivity index (χ4n) is 1.30. The van der Waals surface area contributed by atoms with E-state index in [-0.39, 0.29) is 0 Å². The van der Waals surface area contributed by atoms with Gasteiger partial charge in [-0.2, -0.15) is 0 Å². The highest BCUT2D eigenvalue weighted by Gasteiger charge is 2.04. The molecular formula is C11H12N2OS. The lowest BCUT2D eigenvalue weighted by Crippen LogP contribution is -1.90. The van der Waals surface area contributed by atoms with Gasteiger partial charge in [0.15, 0.2) is 0 Å². The molecule has 15 heavy (non-hydrogen) atoms. The van der Waals surface area contributed by atoms with Gasteiger partial charge in [-0.25, -0.2) is 0 Å². The smallest absolute Gasteiger partial charge is 0.147 e. The summed E-state index contributed by atoms with van der Waals surface area (Å²) in [5, 5.41) is 10.0. The van der Waals surface area contributed by atoms with Crippen molar-refractivity contribution in [2.45, 2.75) is 13.8 Å². The summed E-state index contributed by atoms with van der Waals surface area (Å²) in [4.78, 5) is 0. The van der Waals surface area contributed by atoms with Gasteiger partial charge in [-0.05, 0) is 26.0 Å². The van der Waals surface area contributed by atoms with Crippen LogP contribution in [0.5, 0.6) is 5.75 Å². The van der Waals surface area contributed by atoms with Crippen LogP contribution in [-0.2, 0) is 0 Å². The fraction of sp³-hybridized carbons (Fsp3) is 0.273. The molecular weight excluding hydrogens is 208 g/mol. The van der Waals surface area contributed by atoms with Crippen LogP contribution in [0, 0.1) is 6.92 Å². The van der Waals surface area contributed by atoms with Crippen molar-refractivity contribution in [3.05, 3.63) is 29.3 Å². The molecule has 0 spiro atoms. The number of hydrogen-bond donors (Lipinski definition) is 0. The van der Waals surface area contributed by atoms with Crippen LogP contribution in [0.15, 0.2) is 24.3 Å². The van der Waals surface area contributed by atoms with Gasteiger partial charge in [-0.3, -0.25) is 0 Å². The first kappa shape index (κ1) is 10.1. The van der Waals surface area contributed by atoms with Gasteiger partial charge < -0.3 is 4.74 Å². The third kappa shape index (κ3) is 2.33. The third-order valence-corrected chi connectivity index (χ3v) is 2.81. The lowest BCUT2D eigenvalue weighted by molar-refractivity contribution is 0.340. The first-order valence-electron chi connectivity index (χ1n) is 4.83. The Morgan fingerprint density at radius 2 is 2.20 bits per heavy atom. The maximum Gasteiger partial charge on any atom is 0.147 e. The van der Waals surface area contributed by atoms with Gasteiger partial charge in [0.2, 0.25) is 0 Å². The second-order valence-electron chi connectivity index (χ2n) is 3.09. The number of benzene rings is 1. The number of nitrogens with zero attached hydrogens (tertiary/aromatic N) is 2. The average Bonchev–Trinajstić information content (AvgIpc) is 2.66. The van der Waals surface area contributed by atoms with Crippen LogP contribution in [0.2, 0.25) is 0 Å². The van der Waals surface area contributed by atoms with Crippen LogP contribution in [-0.4, -0.2) is 16.8 Å². The number of aryl methyl sites for hydroxylation is 1. The van der Waals surface area contributed by atoms with E-state index in [0.717, 1.165) is 21.3 Å². The van der Waals surface area contributed by atoms with E-state index in [9.17, 15) is 0 Å². The summed E-state index contributed by atoms with van der Waals surface area (Å²) in [5.74, 6) is 0.878. The second-order valence-corrected chi connectivity index (χ2v) is 4.27. The van der Waals surface area contributed by atoms with Crippen LogP contribution in [0.1, 0.15) is 11.9 Å². The van der Waals surface area contributed by atoms with Crippen LogP contribution in [0.4, 0.5) is 0 Å². The van der Waals surface area contributed by atoms with E-state index in [0.29, 0.717) is 6.61 Å². The number of aromatic nitrogens is 2. The molecule has 0 bridgehead atoms. The summed E-state index contributed by atoms with van der Waals surface area (Å²) in [6.07, 6.45) is 0. The molecule has 0 radical (unpaired) electrons. The molecule has 0 aliphatic carbocycles. The van der Waals surface area contributed by atoms with E-state index < -0.39 is 0 Å². The monoisotopic (exact) mass is 220 g/mol. The summed E-state index contributed by atoms with van der Waals surface area (Å²) in [7, 11) is 0. The number of ether oxygens (including phenoxy) is 1. The van der Waals surface area contributed by atoms with E-state index in [2.05, 4.69) is 10.2 Å². The molecule has 0 unspecified atom stereocenters. The molecule has 0 saturated carbocycles. The summed E-state index contributed by atoms with van der Waals surface area (Å²) < 4.78 is 5.43. The maximum atomic E-state index is 5.43. The van der Waals surface area contributed by atoms with E-state index in [1.807, 2.05) is 38.1 Å². The molecule has 0 atom stereocenters. The van der Waals surface area contributed by atoms with Crippen LogP contribution >= 0.6 is 11.3 Å². The zero-order valence-corrected chi connectivity index (χ0v) is 9.54. The Bertz CT molecular complexity index is 453. The molecule has 0 saturated heterocycles. The van der Waals surface area contributed by atoms with Crippen molar-refractivity contribution in [1.82, 2.24) is 10.2 Å². The number of hydrogen-bond acceptors (Lipinski definition) is 4. The largest absolute Gasteiger partial charge is 0.494 e. The lowest BCUT2D eigenvalue weighted by atomic mass is 10.2. The Balaban J connectivity index is 2.32. The molecule has 78 valence electrons. The summed E-state index contributed by atoms with van der Waals surface area (Å²) in [6, 6.07) is 7.92. The predicted octanol–water partition coefficient (Wildman–Crippen LogP) is 2.91. The van der Waals surface area contributed by atoms with E-state index in [4.69, 9.17) is 4.74 Å². The van der Waals surface area contributed by atoms with Crippen molar-refractivity contribution in [1.29, 1.82) is 0 Å². The molecule has 1 aromatic heterocycles. The molecule has 4 heteroatoms. The van der Waals surface area contributed by atoms with Crippen molar-refractivity contribution < 1.29 is 4.74 Å². The molecule has 1 aromatic carbocycles. The van der Waals surface area contributed by atoms with E-state index >= 15 is 0 Å². The minimum atomic E-state index is 0.679. The molecule has 2 rings (SSSR count). The molecule has 0 fully saturated rings. The van der Waals surface area contributed by atoms with E-state index in [1.54, 1.807) is 11.3 Å². The standard InChI is InChI=1S/C11H12N2OS/c1-3-14-10-6-4-5-9(7-10)11-13-12-8(2)15-11/h4-7H,3H2,1-2H3. The first-order valence-corrected chi connectivity index (χ1v) is 5.64. The van der Waals surface area contributed by atoms with Gasteiger partial charge >= 0.3 is 0 Å². The van der Waals surface area contributed by atoms with Gasteiger partial charge in [0.05, 0.1) is 6.61 Å². The highest BCUT2D eigenvalue weighted by molar-refractivity contribution is 7.14. The Labute approximate surface area is 92.7 Å². The van der Waals surface area contributed by atoms with Crippen molar-refractivity contribution in [2.75, 3.05) is 6.61 Å². The highest BCUT2D eigenvalue weighted by atomic mass is 32.1. The van der Waals surface area contributed by atoms with E-state index in [1.165, 1.54) is 0 Å². The Morgan fingerprint density at radius 3 is 2.87 bits per heavy atom. The van der Waals surface area contributed by atoms with Crippen LogP contribution in [0.25, 0.3) is 10.6 Å². The first-order chi connectivity index (χ1) is 7.29. The minimum absolute atomic E-state index is 0.679. The zero-order valence-electron chi connectivity index (χ0n) is 8.73. The van der Waals surface area contributed by atoms with Gasteiger partial charge in [0, 0.05) is 5.56 Å². The molecule has 1 heterocycles. The average molecular weight is 220 g/mol. The van der Waals surface area contributed by atoms with Crippen molar-refractivity contribution in [2.24, 2.45) is 0 Å². The summed E-state index contributed by atoms with van der Waals surface area (Å²) in [5.41, 5.74) is 1.06. The Morgan fingerprint density at radius 1 is 1.33 bits per heavy atom. The lowest BCUT2D eigenvalue weighted by Gasteiger charge is -2.03. The highest BCUT2D eigenvalue weighted by Crippen LogP contribution is 2.26. The maximum absolute atomic E-state index is 5.43. The van der Waals surface area contributed by atoms with Crippen molar-refractivity contribution in [3.63, 3.8) is 0 Å². The molecule has 0 aliphatic heterocycles. The Kier molecular flexibility index (Phi) is 2.97. The topological polar surface area (TPSA) is 35.0 Å².